The summed E-state index contributed by atoms with van der Waals surface area (Å²) in [5.74, 6) is 0.594. The van der Waals surface area contributed by atoms with E-state index in [-0.39, 0.29) is 18.3 Å². The fourth-order valence-electron chi connectivity index (χ4n) is 3.35. The van der Waals surface area contributed by atoms with Crippen molar-refractivity contribution in [2.45, 2.75) is 6.54 Å². The van der Waals surface area contributed by atoms with Crippen molar-refractivity contribution in [1.29, 1.82) is 0 Å². The van der Waals surface area contributed by atoms with Gasteiger partial charge in [0, 0.05) is 44.9 Å². The second-order valence-electron chi connectivity index (χ2n) is 6.92. The second kappa shape index (κ2) is 9.91. The molecule has 8 heteroatoms. The Morgan fingerprint density at radius 3 is 2.41 bits per heavy atom. The Kier molecular flexibility index (Phi) is 7.30. The summed E-state index contributed by atoms with van der Waals surface area (Å²) in [5, 5.41) is 3.28. The molecule has 0 atom stereocenters. The van der Waals surface area contributed by atoms with Crippen molar-refractivity contribution >= 4 is 23.2 Å². The van der Waals surface area contributed by atoms with E-state index in [1.165, 1.54) is 20.3 Å². The predicted octanol–water partition coefficient (Wildman–Crippen LogP) is 3.25. The van der Waals surface area contributed by atoms with Crippen LogP contribution in [-0.2, 0) is 11.3 Å². The van der Waals surface area contributed by atoms with Crippen LogP contribution in [0.4, 0.5) is 10.1 Å². The number of halogens is 2. The molecule has 29 heavy (non-hydrogen) atoms. The molecule has 1 saturated heterocycles. The Morgan fingerprint density at radius 1 is 1.07 bits per heavy atom. The highest BCUT2D eigenvalue weighted by Gasteiger charge is 2.20. The van der Waals surface area contributed by atoms with Crippen LogP contribution in [0.3, 0.4) is 0 Å². The number of hydrogen-bond donors (Lipinski definition) is 1. The normalized spacial score (nSPS) is 15.2. The number of carbonyl (C=O) groups excluding carboxylic acids is 1. The van der Waals surface area contributed by atoms with Crippen LogP contribution in [0.2, 0.25) is 5.02 Å². The van der Waals surface area contributed by atoms with E-state index in [4.69, 9.17) is 21.1 Å². The van der Waals surface area contributed by atoms with Crippen LogP contribution in [-0.4, -0.2) is 62.7 Å². The number of methoxy groups -OCH3 is 2. The SMILES string of the molecule is COc1cc(NC(=O)CN2CCN(Cc3cccc(F)c3)CC2)c(OC)cc1Cl. The van der Waals surface area contributed by atoms with Gasteiger partial charge < -0.3 is 14.8 Å². The van der Waals surface area contributed by atoms with Crippen molar-refractivity contribution < 1.29 is 18.7 Å². The molecule has 2 aromatic rings. The number of anilines is 1. The Bertz CT molecular complexity index is 857. The molecule has 1 aliphatic rings. The molecule has 1 amide bonds. The van der Waals surface area contributed by atoms with Gasteiger partial charge in [0.1, 0.15) is 17.3 Å². The van der Waals surface area contributed by atoms with E-state index in [9.17, 15) is 9.18 Å². The third kappa shape index (κ3) is 5.82. The average molecular weight is 422 g/mol. The van der Waals surface area contributed by atoms with Crippen molar-refractivity contribution in [3.8, 4) is 11.5 Å². The van der Waals surface area contributed by atoms with Gasteiger partial charge in [0.05, 0.1) is 31.5 Å². The number of amides is 1. The van der Waals surface area contributed by atoms with E-state index in [2.05, 4.69) is 15.1 Å². The van der Waals surface area contributed by atoms with Gasteiger partial charge in [0.2, 0.25) is 5.91 Å². The number of ether oxygens (including phenoxy) is 2. The van der Waals surface area contributed by atoms with E-state index < -0.39 is 0 Å². The number of carbonyl (C=O) groups is 1. The van der Waals surface area contributed by atoms with Crippen molar-refractivity contribution in [2.75, 3.05) is 52.3 Å². The van der Waals surface area contributed by atoms with Crippen molar-refractivity contribution in [1.82, 2.24) is 9.80 Å². The highest BCUT2D eigenvalue weighted by atomic mass is 35.5. The Morgan fingerprint density at radius 2 is 1.76 bits per heavy atom. The van der Waals surface area contributed by atoms with E-state index in [1.807, 2.05) is 6.07 Å². The van der Waals surface area contributed by atoms with Gasteiger partial charge in [0.15, 0.2) is 0 Å². The molecule has 6 nitrogen and oxygen atoms in total. The smallest absolute Gasteiger partial charge is 0.238 e. The van der Waals surface area contributed by atoms with E-state index >= 15 is 0 Å². The minimum atomic E-state index is -0.216. The summed E-state index contributed by atoms with van der Waals surface area (Å²) in [7, 11) is 3.04. The molecule has 1 N–H and O–H groups in total. The summed E-state index contributed by atoms with van der Waals surface area (Å²) in [4.78, 5) is 16.9. The zero-order valence-electron chi connectivity index (χ0n) is 16.6. The van der Waals surface area contributed by atoms with E-state index in [0.717, 1.165) is 31.7 Å². The molecule has 1 heterocycles. The topological polar surface area (TPSA) is 54.0 Å². The first-order valence-corrected chi connectivity index (χ1v) is 9.77. The van der Waals surface area contributed by atoms with Crippen LogP contribution < -0.4 is 14.8 Å². The largest absolute Gasteiger partial charge is 0.495 e. The lowest BCUT2D eigenvalue weighted by Gasteiger charge is -2.34. The number of piperazine rings is 1. The van der Waals surface area contributed by atoms with Gasteiger partial charge in [-0.3, -0.25) is 14.6 Å². The summed E-state index contributed by atoms with van der Waals surface area (Å²) < 4.78 is 23.8. The van der Waals surface area contributed by atoms with Gasteiger partial charge in [-0.05, 0) is 17.7 Å². The molecular formula is C21H25ClFN3O3. The lowest BCUT2D eigenvalue weighted by Crippen LogP contribution is -2.48. The first-order chi connectivity index (χ1) is 14.0. The first kappa shape index (κ1) is 21.4. The maximum Gasteiger partial charge on any atom is 0.238 e. The quantitative estimate of drug-likeness (QED) is 0.743. The number of rotatable bonds is 7. The van der Waals surface area contributed by atoms with Crippen LogP contribution in [0, 0.1) is 5.82 Å². The molecule has 0 bridgehead atoms. The van der Waals surface area contributed by atoms with Gasteiger partial charge in [0.25, 0.3) is 0 Å². The first-order valence-electron chi connectivity index (χ1n) is 9.39. The number of nitrogens with one attached hydrogen (secondary N) is 1. The lowest BCUT2D eigenvalue weighted by molar-refractivity contribution is -0.117. The van der Waals surface area contributed by atoms with Gasteiger partial charge in [-0.1, -0.05) is 23.7 Å². The molecule has 0 radical (unpaired) electrons. The summed E-state index contributed by atoms with van der Waals surface area (Å²) in [6.07, 6.45) is 0. The van der Waals surface area contributed by atoms with Gasteiger partial charge in [-0.25, -0.2) is 4.39 Å². The highest BCUT2D eigenvalue weighted by Crippen LogP contribution is 2.35. The zero-order chi connectivity index (χ0) is 20.8. The lowest BCUT2D eigenvalue weighted by atomic mass is 10.2. The Balaban J connectivity index is 1.51. The van der Waals surface area contributed by atoms with Crippen molar-refractivity contribution in [3.05, 3.63) is 52.8 Å². The number of nitrogens with zero attached hydrogens (tertiary/aromatic N) is 2. The highest BCUT2D eigenvalue weighted by molar-refractivity contribution is 6.32. The fourth-order valence-corrected chi connectivity index (χ4v) is 3.58. The molecule has 156 valence electrons. The summed E-state index contributed by atoms with van der Waals surface area (Å²) >= 11 is 6.10. The molecular weight excluding hydrogens is 397 g/mol. The predicted molar refractivity (Wildman–Crippen MR) is 111 cm³/mol. The third-order valence-corrected chi connectivity index (χ3v) is 5.17. The average Bonchev–Trinajstić information content (AvgIpc) is 2.70. The van der Waals surface area contributed by atoms with Crippen molar-refractivity contribution in [2.24, 2.45) is 0 Å². The molecule has 1 aliphatic heterocycles. The summed E-state index contributed by atoms with van der Waals surface area (Å²) in [6, 6.07) is 9.93. The van der Waals surface area contributed by atoms with Crippen LogP contribution in [0.25, 0.3) is 0 Å². The molecule has 0 unspecified atom stereocenters. The monoisotopic (exact) mass is 421 g/mol. The van der Waals surface area contributed by atoms with E-state index in [1.54, 1.807) is 24.3 Å². The minimum Gasteiger partial charge on any atom is -0.495 e. The summed E-state index contributed by atoms with van der Waals surface area (Å²) in [5.41, 5.74) is 1.48. The Labute approximate surface area is 175 Å². The van der Waals surface area contributed by atoms with Crippen LogP contribution in [0.15, 0.2) is 36.4 Å². The standard InChI is InChI=1S/C21H25ClFN3O3/c1-28-19-12-18(20(29-2)11-17(19)22)24-21(27)14-26-8-6-25(7-9-26)13-15-4-3-5-16(23)10-15/h3-5,10-12H,6-9,13-14H2,1-2H3,(H,24,27). The number of benzene rings is 2. The molecule has 3 rings (SSSR count). The molecule has 0 aromatic heterocycles. The Hall–Kier alpha value is -2.35. The fraction of sp³-hybridized carbons (Fsp3) is 0.381. The maximum absolute atomic E-state index is 13.3. The summed E-state index contributed by atoms with van der Waals surface area (Å²) in [6.45, 7) is 4.17. The van der Waals surface area contributed by atoms with Gasteiger partial charge >= 0.3 is 0 Å². The van der Waals surface area contributed by atoms with Crippen LogP contribution in [0.5, 0.6) is 11.5 Å². The minimum absolute atomic E-state index is 0.133. The molecule has 0 aliphatic carbocycles. The second-order valence-corrected chi connectivity index (χ2v) is 7.32. The van der Waals surface area contributed by atoms with Gasteiger partial charge in [-0.2, -0.15) is 0 Å². The third-order valence-electron chi connectivity index (χ3n) is 4.88. The van der Waals surface area contributed by atoms with E-state index in [0.29, 0.717) is 28.8 Å². The number of hydrogen-bond acceptors (Lipinski definition) is 5. The van der Waals surface area contributed by atoms with Crippen LogP contribution in [0.1, 0.15) is 5.56 Å². The zero-order valence-corrected chi connectivity index (χ0v) is 17.3. The molecule has 0 saturated carbocycles. The molecule has 0 spiro atoms. The maximum atomic E-state index is 13.3. The van der Waals surface area contributed by atoms with Gasteiger partial charge in [-0.15, -0.1) is 0 Å². The van der Waals surface area contributed by atoms with Crippen LogP contribution >= 0.6 is 11.6 Å². The molecule has 1 fully saturated rings. The van der Waals surface area contributed by atoms with Crippen molar-refractivity contribution in [3.63, 3.8) is 0 Å². The molecule has 2 aromatic carbocycles.